The first-order chi connectivity index (χ1) is 13.6. The highest BCUT2D eigenvalue weighted by molar-refractivity contribution is 5.79. The van der Waals surface area contributed by atoms with Gasteiger partial charge in [0.05, 0.1) is 0 Å². The van der Waals surface area contributed by atoms with Gasteiger partial charge in [0.15, 0.2) is 0 Å². The second-order valence-electron chi connectivity index (χ2n) is 6.91. The van der Waals surface area contributed by atoms with Crippen LogP contribution in [-0.2, 0) is 33.7 Å². The fourth-order valence-electron chi connectivity index (χ4n) is 3.25. The molecule has 6 heteroatoms. The summed E-state index contributed by atoms with van der Waals surface area (Å²) in [5.41, 5.74) is 3.48. The first kappa shape index (κ1) is 20.0. The predicted molar refractivity (Wildman–Crippen MR) is 104 cm³/mol. The topological polar surface area (TPSA) is 58.6 Å². The van der Waals surface area contributed by atoms with E-state index in [0.29, 0.717) is 19.6 Å². The predicted octanol–water partition coefficient (Wildman–Crippen LogP) is 2.48. The van der Waals surface area contributed by atoms with Crippen LogP contribution >= 0.6 is 0 Å². The number of fused-ring (bicyclic) bond motifs is 1. The molecular formula is C22H25FN2O3. The third-order valence-corrected chi connectivity index (χ3v) is 4.82. The SMILES string of the molecule is O=C(COCC(=O)N1CCc2ccccc2C1)NCCCc1ccc(F)cc1. The Bertz CT molecular complexity index is 808. The molecule has 0 radical (unpaired) electrons. The number of hydrogen-bond donors (Lipinski definition) is 1. The summed E-state index contributed by atoms with van der Waals surface area (Å²) in [5, 5.41) is 2.77. The molecule has 2 amide bonds. The molecule has 3 rings (SSSR count). The number of rotatable bonds is 8. The lowest BCUT2D eigenvalue weighted by atomic mass is 10.00. The second-order valence-corrected chi connectivity index (χ2v) is 6.91. The minimum atomic E-state index is -0.252. The third kappa shape index (κ3) is 5.89. The highest BCUT2D eigenvalue weighted by atomic mass is 19.1. The molecular weight excluding hydrogens is 359 g/mol. The van der Waals surface area contributed by atoms with Gasteiger partial charge >= 0.3 is 0 Å². The standard InChI is InChI=1S/C22H25FN2O3/c23-20-9-7-17(8-10-20)4-3-12-24-21(26)15-28-16-22(27)25-13-11-18-5-1-2-6-19(18)14-25/h1-2,5-10H,3-4,11-16H2,(H,24,26). The molecule has 0 atom stereocenters. The zero-order valence-corrected chi connectivity index (χ0v) is 15.8. The van der Waals surface area contributed by atoms with Crippen LogP contribution in [0.4, 0.5) is 4.39 Å². The van der Waals surface area contributed by atoms with Gasteiger partial charge in [0.2, 0.25) is 11.8 Å². The number of halogens is 1. The van der Waals surface area contributed by atoms with Crippen molar-refractivity contribution in [1.82, 2.24) is 10.2 Å². The van der Waals surface area contributed by atoms with Crippen LogP contribution in [0.25, 0.3) is 0 Å². The zero-order valence-electron chi connectivity index (χ0n) is 15.8. The summed E-state index contributed by atoms with van der Waals surface area (Å²) in [6, 6.07) is 14.5. The van der Waals surface area contributed by atoms with E-state index in [9.17, 15) is 14.0 Å². The maximum atomic E-state index is 12.8. The number of carbonyl (C=O) groups excluding carboxylic acids is 2. The quantitative estimate of drug-likeness (QED) is 0.712. The maximum absolute atomic E-state index is 12.8. The summed E-state index contributed by atoms with van der Waals surface area (Å²) in [4.78, 5) is 25.8. The van der Waals surface area contributed by atoms with Gasteiger partial charge in [-0.2, -0.15) is 0 Å². The van der Waals surface area contributed by atoms with Crippen molar-refractivity contribution in [3.8, 4) is 0 Å². The lowest BCUT2D eigenvalue weighted by Gasteiger charge is -2.28. The molecule has 5 nitrogen and oxygen atoms in total. The van der Waals surface area contributed by atoms with E-state index >= 15 is 0 Å². The van der Waals surface area contributed by atoms with E-state index < -0.39 is 0 Å². The van der Waals surface area contributed by atoms with Crippen LogP contribution in [0.5, 0.6) is 0 Å². The smallest absolute Gasteiger partial charge is 0.248 e. The summed E-state index contributed by atoms with van der Waals surface area (Å²) in [6.45, 7) is 1.55. The summed E-state index contributed by atoms with van der Waals surface area (Å²) < 4.78 is 18.1. The monoisotopic (exact) mass is 384 g/mol. The van der Waals surface area contributed by atoms with E-state index in [1.807, 2.05) is 18.2 Å². The molecule has 1 aliphatic heterocycles. The Balaban J connectivity index is 1.29. The molecule has 0 saturated heterocycles. The van der Waals surface area contributed by atoms with Crippen LogP contribution in [0.1, 0.15) is 23.1 Å². The van der Waals surface area contributed by atoms with Crippen LogP contribution < -0.4 is 5.32 Å². The normalized spacial score (nSPS) is 13.1. The lowest BCUT2D eigenvalue weighted by molar-refractivity contribution is -0.139. The Labute approximate surface area is 164 Å². The number of nitrogens with one attached hydrogen (secondary N) is 1. The van der Waals surface area contributed by atoms with Gasteiger partial charge in [0.1, 0.15) is 19.0 Å². The van der Waals surface area contributed by atoms with Crippen LogP contribution in [0.15, 0.2) is 48.5 Å². The molecule has 148 valence electrons. The number of ether oxygens (including phenoxy) is 1. The van der Waals surface area contributed by atoms with Crippen molar-refractivity contribution in [2.45, 2.75) is 25.8 Å². The highest BCUT2D eigenvalue weighted by Gasteiger charge is 2.20. The molecule has 1 heterocycles. The molecule has 0 aliphatic carbocycles. The second kappa shape index (κ2) is 9.99. The van der Waals surface area contributed by atoms with Crippen molar-refractivity contribution >= 4 is 11.8 Å². The van der Waals surface area contributed by atoms with E-state index in [1.165, 1.54) is 23.3 Å². The van der Waals surface area contributed by atoms with Gasteiger partial charge < -0.3 is 15.0 Å². The Hall–Kier alpha value is -2.73. The Morgan fingerprint density at radius 3 is 2.57 bits per heavy atom. The summed E-state index contributed by atoms with van der Waals surface area (Å²) in [5.74, 6) is -0.591. The fourth-order valence-corrected chi connectivity index (χ4v) is 3.25. The molecule has 0 fully saturated rings. The highest BCUT2D eigenvalue weighted by Crippen LogP contribution is 2.18. The van der Waals surface area contributed by atoms with Crippen molar-refractivity contribution in [1.29, 1.82) is 0 Å². The van der Waals surface area contributed by atoms with Crippen molar-refractivity contribution in [2.75, 3.05) is 26.3 Å². The Morgan fingerprint density at radius 2 is 1.79 bits per heavy atom. The van der Waals surface area contributed by atoms with Gasteiger partial charge in [-0.3, -0.25) is 9.59 Å². The molecule has 1 aliphatic rings. The summed E-state index contributed by atoms with van der Waals surface area (Å²) in [6.07, 6.45) is 2.36. The summed E-state index contributed by atoms with van der Waals surface area (Å²) >= 11 is 0. The van der Waals surface area contributed by atoms with E-state index in [1.54, 1.807) is 17.0 Å². The fraction of sp³-hybridized carbons (Fsp3) is 0.364. The number of benzene rings is 2. The van der Waals surface area contributed by atoms with E-state index in [-0.39, 0.29) is 30.8 Å². The molecule has 0 spiro atoms. The largest absolute Gasteiger partial charge is 0.362 e. The van der Waals surface area contributed by atoms with Crippen LogP contribution in [0, 0.1) is 5.82 Å². The first-order valence-electron chi connectivity index (χ1n) is 9.55. The van der Waals surface area contributed by atoms with Crippen LogP contribution in [0.3, 0.4) is 0 Å². The van der Waals surface area contributed by atoms with Gasteiger partial charge in [0.25, 0.3) is 0 Å². The van der Waals surface area contributed by atoms with Crippen molar-refractivity contribution in [3.63, 3.8) is 0 Å². The van der Waals surface area contributed by atoms with E-state index in [2.05, 4.69) is 11.4 Å². The summed E-state index contributed by atoms with van der Waals surface area (Å²) in [7, 11) is 0. The first-order valence-corrected chi connectivity index (χ1v) is 9.55. The lowest BCUT2D eigenvalue weighted by Crippen LogP contribution is -2.39. The number of aryl methyl sites for hydroxylation is 1. The van der Waals surface area contributed by atoms with Crippen molar-refractivity contribution in [3.05, 3.63) is 71.0 Å². The number of nitrogens with zero attached hydrogens (tertiary/aromatic N) is 1. The Morgan fingerprint density at radius 1 is 1.04 bits per heavy atom. The van der Waals surface area contributed by atoms with E-state index in [0.717, 1.165) is 24.8 Å². The zero-order chi connectivity index (χ0) is 19.8. The minimum Gasteiger partial charge on any atom is -0.362 e. The van der Waals surface area contributed by atoms with Crippen molar-refractivity contribution < 1.29 is 18.7 Å². The molecule has 0 saturated carbocycles. The third-order valence-electron chi connectivity index (χ3n) is 4.82. The van der Waals surface area contributed by atoms with Gasteiger partial charge in [-0.1, -0.05) is 36.4 Å². The average molecular weight is 384 g/mol. The van der Waals surface area contributed by atoms with Crippen molar-refractivity contribution in [2.24, 2.45) is 0 Å². The van der Waals surface area contributed by atoms with E-state index in [4.69, 9.17) is 4.74 Å². The number of amides is 2. The Kier molecular flexibility index (Phi) is 7.14. The maximum Gasteiger partial charge on any atom is 0.248 e. The molecule has 1 N–H and O–H groups in total. The molecule has 28 heavy (non-hydrogen) atoms. The molecule has 2 aromatic rings. The van der Waals surface area contributed by atoms with Crippen LogP contribution in [-0.4, -0.2) is 43.0 Å². The van der Waals surface area contributed by atoms with Crippen LogP contribution in [0.2, 0.25) is 0 Å². The minimum absolute atomic E-state index is 0.0921. The number of hydrogen-bond acceptors (Lipinski definition) is 3. The average Bonchev–Trinajstić information content (AvgIpc) is 2.72. The van der Waals surface area contributed by atoms with Gasteiger partial charge in [0, 0.05) is 19.6 Å². The molecule has 0 aromatic heterocycles. The van der Waals surface area contributed by atoms with Gasteiger partial charge in [-0.25, -0.2) is 4.39 Å². The molecule has 0 bridgehead atoms. The molecule has 2 aromatic carbocycles. The van der Waals surface area contributed by atoms with Gasteiger partial charge in [-0.05, 0) is 48.1 Å². The molecule has 0 unspecified atom stereocenters. The number of carbonyl (C=O) groups is 2. The van der Waals surface area contributed by atoms with Gasteiger partial charge in [-0.15, -0.1) is 0 Å².